The normalized spacial score (nSPS) is 14.3. The van der Waals surface area contributed by atoms with Crippen LogP contribution in [0.1, 0.15) is 10.4 Å². The Balaban J connectivity index is 2.46. The van der Waals surface area contributed by atoms with Gasteiger partial charge in [-0.1, -0.05) is 11.8 Å². The highest BCUT2D eigenvalue weighted by molar-refractivity contribution is 7.90. The van der Waals surface area contributed by atoms with Gasteiger partial charge in [-0.25, -0.2) is 4.79 Å². The van der Waals surface area contributed by atoms with Crippen LogP contribution in [-0.4, -0.2) is 31.0 Å². The number of aromatic carboxylic acids is 1. The third-order valence-corrected chi connectivity index (χ3v) is 3.84. The first-order valence-electron chi connectivity index (χ1n) is 5.59. The van der Waals surface area contributed by atoms with Crippen molar-refractivity contribution in [2.75, 3.05) is 0 Å². The van der Waals surface area contributed by atoms with Gasteiger partial charge in [-0.2, -0.15) is 12.8 Å². The third-order valence-electron chi connectivity index (χ3n) is 2.54. The highest BCUT2D eigenvalue weighted by Crippen LogP contribution is 2.21. The largest absolute Gasteiger partial charge is 0.872 e. The number of carbonyl (C=O) groups is 2. The Labute approximate surface area is 119 Å². The molecule has 0 radical (unpaired) electrons. The van der Waals surface area contributed by atoms with Crippen LogP contribution in [0.5, 0.6) is 5.75 Å². The number of ketones is 1. The fourth-order valence-electron chi connectivity index (χ4n) is 1.54. The monoisotopic (exact) mass is 306 g/mol. The lowest BCUT2D eigenvalue weighted by atomic mass is 10.2. The third kappa shape index (κ3) is 3.23. The number of hydrogen-bond donors (Lipinski definition) is 1. The fraction of sp³-hybridized carbons (Fsp3) is 0. The number of benzene rings is 1. The van der Waals surface area contributed by atoms with E-state index in [1.54, 1.807) is 0 Å². The van der Waals surface area contributed by atoms with E-state index in [9.17, 15) is 23.1 Å². The molecule has 108 valence electrons. The van der Waals surface area contributed by atoms with E-state index in [0.717, 1.165) is 30.4 Å². The standard InChI is InChI=1S/C13H9NO6S/c15-9-3-1-8(2-4-9)14-21(19,20)10-5-6-12(16)11(7-10)13(17)18/h1-7,16H,(H,17,18)/p-1. The Morgan fingerprint density at radius 2 is 1.76 bits per heavy atom. The molecule has 0 amide bonds. The lowest BCUT2D eigenvalue weighted by Crippen LogP contribution is -2.08. The molecule has 7 nitrogen and oxygen atoms in total. The maximum atomic E-state index is 12.0. The van der Waals surface area contributed by atoms with Crippen LogP contribution in [0.2, 0.25) is 0 Å². The summed E-state index contributed by atoms with van der Waals surface area (Å²) in [4.78, 5) is 21.3. The molecule has 21 heavy (non-hydrogen) atoms. The zero-order valence-electron chi connectivity index (χ0n) is 10.4. The smallest absolute Gasteiger partial charge is 0.335 e. The van der Waals surface area contributed by atoms with Gasteiger partial charge in [0.1, 0.15) is 0 Å². The second kappa shape index (κ2) is 5.33. The van der Waals surface area contributed by atoms with Gasteiger partial charge in [-0.3, -0.25) is 4.79 Å². The molecule has 1 aliphatic carbocycles. The van der Waals surface area contributed by atoms with Gasteiger partial charge in [0.25, 0.3) is 10.0 Å². The number of allylic oxidation sites excluding steroid dienone is 4. The van der Waals surface area contributed by atoms with Crippen molar-refractivity contribution in [1.29, 1.82) is 0 Å². The van der Waals surface area contributed by atoms with E-state index in [4.69, 9.17) is 5.11 Å². The lowest BCUT2D eigenvalue weighted by molar-refractivity contribution is -0.268. The Morgan fingerprint density at radius 1 is 1.14 bits per heavy atom. The van der Waals surface area contributed by atoms with Gasteiger partial charge in [-0.15, -0.1) is 0 Å². The van der Waals surface area contributed by atoms with E-state index in [1.807, 2.05) is 0 Å². The predicted molar refractivity (Wildman–Crippen MR) is 70.8 cm³/mol. The second-order valence-corrected chi connectivity index (χ2v) is 5.63. The summed E-state index contributed by atoms with van der Waals surface area (Å²) in [6, 6.07) is 2.59. The molecule has 1 aromatic rings. The van der Waals surface area contributed by atoms with Gasteiger partial charge in [0.05, 0.1) is 16.2 Å². The van der Waals surface area contributed by atoms with E-state index >= 15 is 0 Å². The summed E-state index contributed by atoms with van der Waals surface area (Å²) in [6.45, 7) is 0. The zero-order valence-corrected chi connectivity index (χ0v) is 11.2. The van der Waals surface area contributed by atoms with Gasteiger partial charge >= 0.3 is 5.97 Å². The molecule has 0 unspecified atom stereocenters. The average molecular weight is 306 g/mol. The van der Waals surface area contributed by atoms with Gasteiger partial charge in [0.2, 0.25) is 0 Å². The van der Waals surface area contributed by atoms with E-state index in [2.05, 4.69) is 4.40 Å². The summed E-state index contributed by atoms with van der Waals surface area (Å²) in [6.07, 6.45) is 4.75. The van der Waals surface area contributed by atoms with E-state index < -0.39 is 32.2 Å². The minimum Gasteiger partial charge on any atom is -0.872 e. The summed E-state index contributed by atoms with van der Waals surface area (Å²) in [7, 11) is -4.18. The van der Waals surface area contributed by atoms with E-state index in [-0.39, 0.29) is 11.5 Å². The molecule has 0 aliphatic heterocycles. The number of rotatable bonds is 3. The van der Waals surface area contributed by atoms with Crippen LogP contribution in [-0.2, 0) is 14.8 Å². The van der Waals surface area contributed by atoms with Crippen molar-refractivity contribution in [3.05, 3.63) is 48.1 Å². The fourth-order valence-corrected chi connectivity index (χ4v) is 2.55. The molecule has 0 saturated heterocycles. The Kier molecular flexibility index (Phi) is 3.72. The van der Waals surface area contributed by atoms with Crippen molar-refractivity contribution < 1.29 is 28.2 Å². The minimum atomic E-state index is -4.18. The molecule has 8 heteroatoms. The zero-order chi connectivity index (χ0) is 15.6. The number of hydrogen-bond acceptors (Lipinski definition) is 5. The van der Waals surface area contributed by atoms with Crippen LogP contribution in [0.3, 0.4) is 0 Å². The van der Waals surface area contributed by atoms with Crippen molar-refractivity contribution in [2.45, 2.75) is 4.90 Å². The average Bonchev–Trinajstić information content (AvgIpc) is 2.41. The van der Waals surface area contributed by atoms with Crippen LogP contribution in [0.15, 0.2) is 51.8 Å². The van der Waals surface area contributed by atoms with Crippen molar-refractivity contribution in [2.24, 2.45) is 4.40 Å². The lowest BCUT2D eigenvalue weighted by Gasteiger charge is -2.10. The molecular weight excluding hydrogens is 298 g/mol. The highest BCUT2D eigenvalue weighted by Gasteiger charge is 2.16. The van der Waals surface area contributed by atoms with Gasteiger partial charge in [0, 0.05) is 0 Å². The van der Waals surface area contributed by atoms with E-state index in [0.29, 0.717) is 0 Å². The molecule has 0 aromatic heterocycles. The predicted octanol–water partition coefficient (Wildman–Crippen LogP) is 0.283. The summed E-state index contributed by atoms with van der Waals surface area (Å²) < 4.78 is 27.5. The molecule has 0 saturated carbocycles. The molecule has 0 fully saturated rings. The van der Waals surface area contributed by atoms with Crippen molar-refractivity contribution in [3.63, 3.8) is 0 Å². The minimum absolute atomic E-state index is 0.0256. The molecule has 0 spiro atoms. The van der Waals surface area contributed by atoms with Crippen LogP contribution < -0.4 is 5.11 Å². The summed E-state index contributed by atoms with van der Waals surface area (Å²) >= 11 is 0. The SMILES string of the molecule is O=C1C=CC(=NS(=O)(=O)c2ccc([O-])c(C(=O)O)c2)C=C1. The summed E-state index contributed by atoms with van der Waals surface area (Å²) in [5.41, 5.74) is -0.626. The Morgan fingerprint density at radius 3 is 2.33 bits per heavy atom. The number of nitrogens with zero attached hydrogens (tertiary/aromatic N) is 1. The number of sulfonamides is 1. The van der Waals surface area contributed by atoms with Crippen molar-refractivity contribution >= 4 is 27.5 Å². The molecular formula is C13H8NO6S-. The summed E-state index contributed by atoms with van der Waals surface area (Å²) in [5, 5.41) is 20.1. The molecule has 1 aromatic carbocycles. The molecule has 0 heterocycles. The van der Waals surface area contributed by atoms with Crippen LogP contribution in [0, 0.1) is 0 Å². The summed E-state index contributed by atoms with van der Waals surface area (Å²) in [5.74, 6) is -2.61. The molecule has 1 aliphatic rings. The first-order chi connectivity index (χ1) is 9.79. The quantitative estimate of drug-likeness (QED) is 0.800. The first kappa shape index (κ1) is 14.7. The number of carbonyl (C=O) groups excluding carboxylic acids is 1. The maximum Gasteiger partial charge on any atom is 0.335 e. The van der Waals surface area contributed by atoms with Gasteiger partial charge in [-0.05, 0) is 36.4 Å². The van der Waals surface area contributed by atoms with Crippen LogP contribution >= 0.6 is 0 Å². The van der Waals surface area contributed by atoms with Gasteiger partial charge < -0.3 is 10.2 Å². The number of carboxylic acids is 1. The maximum absolute atomic E-state index is 12.0. The first-order valence-corrected chi connectivity index (χ1v) is 7.03. The van der Waals surface area contributed by atoms with Gasteiger partial charge in [0.15, 0.2) is 5.78 Å². The molecule has 0 atom stereocenters. The number of carboxylic acid groups (broad SMARTS) is 1. The highest BCUT2D eigenvalue weighted by atomic mass is 32.2. The Hall–Kier alpha value is -2.74. The van der Waals surface area contributed by atoms with Crippen LogP contribution in [0.25, 0.3) is 0 Å². The molecule has 2 rings (SSSR count). The topological polar surface area (TPSA) is 124 Å². The molecule has 1 N–H and O–H groups in total. The van der Waals surface area contributed by atoms with Crippen molar-refractivity contribution in [3.8, 4) is 5.75 Å². The second-order valence-electron chi connectivity index (χ2n) is 4.02. The van der Waals surface area contributed by atoms with E-state index in [1.165, 1.54) is 12.2 Å². The molecule has 0 bridgehead atoms. The van der Waals surface area contributed by atoms with Crippen LogP contribution in [0.4, 0.5) is 0 Å². The van der Waals surface area contributed by atoms with Crippen molar-refractivity contribution in [1.82, 2.24) is 0 Å². The Bertz CT molecular complexity index is 799.